The van der Waals surface area contributed by atoms with Gasteiger partial charge in [0.25, 0.3) is 11.8 Å². The molecule has 8 rings (SSSR count). The first-order valence-electron chi connectivity index (χ1n) is 21.8. The number of amides is 4. The Kier molecular flexibility index (Phi) is 13.5. The predicted molar refractivity (Wildman–Crippen MR) is 232 cm³/mol. The van der Waals surface area contributed by atoms with Crippen LogP contribution in [0.4, 0.5) is 33.2 Å². The molecule has 15 heteroatoms. The van der Waals surface area contributed by atoms with Crippen molar-refractivity contribution in [3.05, 3.63) is 102 Å². The molecule has 1 aliphatic carbocycles. The topological polar surface area (TPSA) is 164 Å². The second kappa shape index (κ2) is 19.6. The van der Waals surface area contributed by atoms with Gasteiger partial charge in [-0.05, 0) is 117 Å². The SMILES string of the molecule is O=C1CCC(c2ccc(N3CCN(CCC4CCN(NC(=O)c5ccc(Nc6ncc(F)c(Nc7ccc(C(=O)NC8CCCCC8)cc7)n6)cc5)CC4)CC3)cc2)C(=O)N1. The van der Waals surface area contributed by atoms with Gasteiger partial charge in [0.05, 0.1) is 12.1 Å². The molecule has 3 aromatic carbocycles. The van der Waals surface area contributed by atoms with Gasteiger partial charge in [-0.2, -0.15) is 4.98 Å². The van der Waals surface area contributed by atoms with Gasteiger partial charge in [-0.15, -0.1) is 0 Å². The van der Waals surface area contributed by atoms with E-state index < -0.39 is 5.82 Å². The standard InChI is InChI=1S/C46H55FN10O4/c47-40-30-48-46(53-42(40)49-36-12-6-33(7-13-36)43(59)50-35-4-2-1-3-5-35)51-37-14-8-34(9-15-37)44(60)54-57-24-21-31(22-25-57)20-23-55-26-28-56(29-27-55)38-16-10-32(11-17-38)39-18-19-41(58)52-45(39)61/h6-17,30-31,35,39H,1-5,18-29H2,(H,50,59)(H,54,60)(H,52,58,61)(H2,48,49,51,53). The molecule has 4 amide bonds. The molecule has 4 aliphatic rings. The van der Waals surface area contributed by atoms with Crippen molar-refractivity contribution in [1.82, 2.24) is 35.9 Å². The van der Waals surface area contributed by atoms with Crippen LogP contribution in [0.25, 0.3) is 0 Å². The smallest absolute Gasteiger partial charge is 0.265 e. The van der Waals surface area contributed by atoms with Gasteiger partial charge < -0.3 is 20.9 Å². The van der Waals surface area contributed by atoms with Gasteiger partial charge in [-0.3, -0.25) is 34.8 Å². The highest BCUT2D eigenvalue weighted by Gasteiger charge is 2.28. The number of carbonyl (C=O) groups is 4. The van der Waals surface area contributed by atoms with Gasteiger partial charge in [-0.1, -0.05) is 31.4 Å². The van der Waals surface area contributed by atoms with E-state index in [0.717, 1.165) is 108 Å². The third-order valence-corrected chi connectivity index (χ3v) is 12.5. The van der Waals surface area contributed by atoms with E-state index in [2.05, 4.69) is 58.6 Å². The van der Waals surface area contributed by atoms with Crippen molar-refractivity contribution in [3.63, 3.8) is 0 Å². The number of piperidine rings is 2. The Morgan fingerprint density at radius 2 is 1.39 bits per heavy atom. The number of hydrazine groups is 1. The molecule has 14 nitrogen and oxygen atoms in total. The molecule has 4 heterocycles. The predicted octanol–water partition coefficient (Wildman–Crippen LogP) is 6.25. The lowest BCUT2D eigenvalue weighted by Gasteiger charge is -2.37. The van der Waals surface area contributed by atoms with Crippen molar-refractivity contribution in [3.8, 4) is 0 Å². The first kappa shape index (κ1) is 41.8. The molecule has 61 heavy (non-hydrogen) atoms. The highest BCUT2D eigenvalue weighted by atomic mass is 19.1. The van der Waals surface area contributed by atoms with E-state index in [0.29, 0.717) is 41.3 Å². The van der Waals surface area contributed by atoms with Gasteiger partial charge >= 0.3 is 0 Å². The Hall–Kier alpha value is -5.93. The number of hydrogen-bond donors (Lipinski definition) is 5. The lowest BCUT2D eigenvalue weighted by atomic mass is 9.90. The van der Waals surface area contributed by atoms with Crippen LogP contribution in [0.2, 0.25) is 0 Å². The minimum absolute atomic E-state index is 0.0101. The number of benzene rings is 3. The first-order chi connectivity index (χ1) is 29.7. The summed E-state index contributed by atoms with van der Waals surface area (Å²) >= 11 is 0. The number of carbonyl (C=O) groups excluding carboxylic acids is 4. The van der Waals surface area contributed by atoms with E-state index in [1.807, 2.05) is 17.1 Å². The minimum Gasteiger partial charge on any atom is -0.369 e. The molecule has 3 saturated heterocycles. The number of piperazine rings is 1. The van der Waals surface area contributed by atoms with Crippen molar-refractivity contribution in [2.45, 2.75) is 76.2 Å². The molecule has 0 bridgehead atoms. The lowest BCUT2D eigenvalue weighted by Crippen LogP contribution is -2.48. The summed E-state index contributed by atoms with van der Waals surface area (Å²) in [4.78, 5) is 63.0. The molecule has 1 unspecified atom stereocenters. The maximum absolute atomic E-state index is 14.7. The first-order valence-corrected chi connectivity index (χ1v) is 21.8. The van der Waals surface area contributed by atoms with Crippen LogP contribution in [0.15, 0.2) is 79.0 Å². The summed E-state index contributed by atoms with van der Waals surface area (Å²) in [6, 6.07) is 22.3. The molecule has 320 valence electrons. The molecule has 5 N–H and O–H groups in total. The monoisotopic (exact) mass is 830 g/mol. The van der Waals surface area contributed by atoms with Gasteiger partial charge in [-0.25, -0.2) is 14.4 Å². The van der Waals surface area contributed by atoms with Crippen molar-refractivity contribution < 1.29 is 23.6 Å². The fraction of sp³-hybridized carbons (Fsp3) is 0.435. The number of imide groups is 1. The second-order valence-electron chi connectivity index (χ2n) is 16.7. The van der Waals surface area contributed by atoms with Crippen molar-refractivity contribution in [1.29, 1.82) is 0 Å². The number of anilines is 5. The number of halogens is 1. The molecule has 1 aromatic heterocycles. The molecule has 1 atom stereocenters. The number of aromatic nitrogens is 2. The van der Waals surface area contributed by atoms with Crippen molar-refractivity contribution >= 4 is 52.5 Å². The molecule has 0 radical (unpaired) electrons. The molecule has 4 fully saturated rings. The summed E-state index contributed by atoms with van der Waals surface area (Å²) in [6.07, 6.45) is 10.7. The molecule has 3 aliphatic heterocycles. The average Bonchev–Trinajstić information content (AvgIpc) is 3.28. The highest BCUT2D eigenvalue weighted by molar-refractivity contribution is 6.01. The summed E-state index contributed by atoms with van der Waals surface area (Å²) in [7, 11) is 0. The summed E-state index contributed by atoms with van der Waals surface area (Å²) in [5.41, 5.74) is 7.49. The normalized spacial score (nSPS) is 19.6. The zero-order valence-corrected chi connectivity index (χ0v) is 34.5. The Morgan fingerprint density at radius 1 is 0.738 bits per heavy atom. The average molecular weight is 831 g/mol. The quantitative estimate of drug-likeness (QED) is 0.0968. The van der Waals surface area contributed by atoms with E-state index in [4.69, 9.17) is 0 Å². The van der Waals surface area contributed by atoms with Gasteiger partial charge in [0.1, 0.15) is 0 Å². The van der Waals surface area contributed by atoms with E-state index >= 15 is 0 Å². The Balaban J connectivity index is 0.732. The second-order valence-corrected chi connectivity index (χ2v) is 16.7. The van der Waals surface area contributed by atoms with Crippen LogP contribution in [0.5, 0.6) is 0 Å². The van der Waals surface area contributed by atoms with E-state index in [9.17, 15) is 23.6 Å². The summed E-state index contributed by atoms with van der Waals surface area (Å²) in [6.45, 7) is 6.59. The van der Waals surface area contributed by atoms with Gasteiger partial charge in [0, 0.05) is 79.9 Å². The van der Waals surface area contributed by atoms with Crippen LogP contribution >= 0.6 is 0 Å². The molecule has 4 aromatic rings. The fourth-order valence-corrected chi connectivity index (χ4v) is 8.77. The van der Waals surface area contributed by atoms with Crippen LogP contribution in [0.1, 0.15) is 96.4 Å². The Morgan fingerprint density at radius 3 is 2.07 bits per heavy atom. The number of nitrogens with one attached hydrogen (secondary N) is 5. The van der Waals surface area contributed by atoms with Gasteiger partial charge in [0.2, 0.25) is 17.8 Å². The molecule has 1 saturated carbocycles. The summed E-state index contributed by atoms with van der Waals surface area (Å²) in [5, 5.41) is 13.6. The number of rotatable bonds is 13. The minimum atomic E-state index is -0.620. The highest BCUT2D eigenvalue weighted by Crippen LogP contribution is 2.28. The van der Waals surface area contributed by atoms with E-state index in [1.54, 1.807) is 48.5 Å². The zero-order valence-electron chi connectivity index (χ0n) is 34.5. The molecule has 0 spiro atoms. The van der Waals surface area contributed by atoms with Crippen molar-refractivity contribution in [2.75, 3.05) is 61.3 Å². The third-order valence-electron chi connectivity index (χ3n) is 12.5. The lowest BCUT2D eigenvalue weighted by molar-refractivity contribution is -0.134. The van der Waals surface area contributed by atoms with Gasteiger partial charge in [0.15, 0.2) is 11.6 Å². The van der Waals surface area contributed by atoms with E-state index in [-0.39, 0.29) is 47.4 Å². The van der Waals surface area contributed by atoms with Crippen molar-refractivity contribution in [2.24, 2.45) is 5.92 Å². The van der Waals surface area contributed by atoms with Crippen LogP contribution in [0.3, 0.4) is 0 Å². The maximum atomic E-state index is 14.7. The molecular weight excluding hydrogens is 776 g/mol. The summed E-state index contributed by atoms with van der Waals surface area (Å²) < 4.78 is 14.7. The third kappa shape index (κ3) is 11.1. The Bertz CT molecular complexity index is 2150. The maximum Gasteiger partial charge on any atom is 0.265 e. The van der Waals surface area contributed by atoms with Crippen LogP contribution < -0.4 is 31.6 Å². The number of nitrogens with zero attached hydrogens (tertiary/aromatic N) is 5. The van der Waals surface area contributed by atoms with Crippen LogP contribution in [-0.4, -0.2) is 95.4 Å². The molecular formula is C46H55FN10O4. The van der Waals surface area contributed by atoms with Crippen LogP contribution in [-0.2, 0) is 9.59 Å². The van der Waals surface area contributed by atoms with Crippen LogP contribution in [0, 0.1) is 11.7 Å². The number of hydrogen-bond acceptors (Lipinski definition) is 11. The largest absolute Gasteiger partial charge is 0.369 e. The zero-order chi connectivity index (χ0) is 42.1. The Labute approximate surface area is 356 Å². The summed E-state index contributed by atoms with van der Waals surface area (Å²) in [5.74, 6) is -0.756. The van der Waals surface area contributed by atoms with E-state index in [1.165, 1.54) is 6.42 Å². The fourth-order valence-electron chi connectivity index (χ4n) is 8.77.